The lowest BCUT2D eigenvalue weighted by Gasteiger charge is -2.26. The Balaban J connectivity index is 4.48. The van der Waals surface area contributed by atoms with Crippen molar-refractivity contribution >= 4 is 6.09 Å². The van der Waals surface area contributed by atoms with Gasteiger partial charge in [0.15, 0.2) is 0 Å². The van der Waals surface area contributed by atoms with Gasteiger partial charge in [-0.05, 0) is 20.8 Å². The molecule has 0 radical (unpaired) electrons. The fourth-order valence-corrected chi connectivity index (χ4v) is 0.941. The topological polar surface area (TPSA) is 49.8 Å². The number of aliphatic hydroxyl groups is 1. The lowest BCUT2D eigenvalue weighted by atomic mass is 10.2. The lowest BCUT2D eigenvalue weighted by molar-refractivity contribution is 0.0212. The van der Waals surface area contributed by atoms with E-state index in [1.165, 1.54) is 11.0 Å². The molecular formula is C12H19NO3. The largest absolute Gasteiger partial charge is 0.444 e. The Hall–Kier alpha value is -1.47. The van der Waals surface area contributed by atoms with Crippen LogP contribution in [0, 0.1) is 12.3 Å². The van der Waals surface area contributed by atoms with E-state index in [0.717, 1.165) is 0 Å². The van der Waals surface area contributed by atoms with Gasteiger partial charge in [-0.1, -0.05) is 12.0 Å². The van der Waals surface area contributed by atoms with Crippen molar-refractivity contribution in [2.45, 2.75) is 32.5 Å². The Morgan fingerprint density at radius 3 is 2.62 bits per heavy atom. The van der Waals surface area contributed by atoms with Crippen LogP contribution < -0.4 is 0 Å². The Bertz CT molecular complexity index is 286. The molecule has 0 aliphatic rings. The van der Waals surface area contributed by atoms with Crippen molar-refractivity contribution in [1.82, 2.24) is 4.90 Å². The summed E-state index contributed by atoms with van der Waals surface area (Å²) in [5.74, 6) is 2.34. The van der Waals surface area contributed by atoms with Crippen LogP contribution in [0.5, 0.6) is 0 Å². The van der Waals surface area contributed by atoms with Gasteiger partial charge in [0.2, 0.25) is 0 Å². The number of ether oxygens (including phenoxy) is 1. The van der Waals surface area contributed by atoms with E-state index in [1.807, 2.05) is 0 Å². The van der Waals surface area contributed by atoms with Gasteiger partial charge < -0.3 is 9.84 Å². The average molecular weight is 225 g/mol. The molecule has 0 aliphatic heterocycles. The quantitative estimate of drug-likeness (QED) is 0.581. The molecule has 0 rings (SSSR count). The molecule has 1 unspecified atom stereocenters. The Labute approximate surface area is 96.9 Å². The zero-order valence-corrected chi connectivity index (χ0v) is 10.1. The number of nitrogens with zero attached hydrogens (tertiary/aromatic N) is 1. The van der Waals surface area contributed by atoms with Crippen molar-refractivity contribution in [3.05, 3.63) is 12.7 Å². The van der Waals surface area contributed by atoms with Gasteiger partial charge in [0, 0.05) is 0 Å². The second kappa shape index (κ2) is 6.19. The number of carbonyl (C=O) groups is 1. The molecule has 0 fully saturated rings. The van der Waals surface area contributed by atoms with Gasteiger partial charge in [-0.3, -0.25) is 4.90 Å². The summed E-state index contributed by atoms with van der Waals surface area (Å²) in [6.07, 6.45) is 5.14. The normalized spacial score (nSPS) is 12.4. The van der Waals surface area contributed by atoms with Crippen molar-refractivity contribution in [2.24, 2.45) is 0 Å². The molecule has 1 amide bonds. The summed E-state index contributed by atoms with van der Waals surface area (Å²) in [7, 11) is 0. The zero-order valence-electron chi connectivity index (χ0n) is 10.1. The first-order valence-electron chi connectivity index (χ1n) is 5.02. The molecule has 0 bridgehead atoms. The fraction of sp³-hybridized carbons (Fsp3) is 0.583. The summed E-state index contributed by atoms with van der Waals surface area (Å²) in [4.78, 5) is 12.9. The molecule has 0 saturated carbocycles. The minimum Gasteiger partial charge on any atom is -0.444 e. The molecule has 0 heterocycles. The zero-order chi connectivity index (χ0) is 12.8. The molecule has 90 valence electrons. The van der Waals surface area contributed by atoms with E-state index >= 15 is 0 Å². The molecule has 0 saturated heterocycles. The summed E-state index contributed by atoms with van der Waals surface area (Å²) in [6, 6.07) is 0. The van der Waals surface area contributed by atoms with Crippen molar-refractivity contribution in [2.75, 3.05) is 13.1 Å². The third-order valence-electron chi connectivity index (χ3n) is 1.61. The molecule has 0 aromatic rings. The minimum atomic E-state index is -0.805. The van der Waals surface area contributed by atoms with Gasteiger partial charge in [0.25, 0.3) is 0 Å². The van der Waals surface area contributed by atoms with Crippen LogP contribution in [-0.2, 0) is 4.74 Å². The first kappa shape index (κ1) is 14.5. The predicted molar refractivity (Wildman–Crippen MR) is 62.8 cm³/mol. The van der Waals surface area contributed by atoms with Crippen LogP contribution in [0.2, 0.25) is 0 Å². The van der Waals surface area contributed by atoms with Crippen molar-refractivity contribution in [3.63, 3.8) is 0 Å². The maximum Gasteiger partial charge on any atom is 0.411 e. The number of hydrogen-bond donors (Lipinski definition) is 1. The van der Waals surface area contributed by atoms with Crippen LogP contribution in [0.4, 0.5) is 4.79 Å². The smallest absolute Gasteiger partial charge is 0.411 e. The van der Waals surface area contributed by atoms with Gasteiger partial charge in [0.1, 0.15) is 5.60 Å². The van der Waals surface area contributed by atoms with E-state index in [9.17, 15) is 9.90 Å². The van der Waals surface area contributed by atoms with Gasteiger partial charge in [-0.25, -0.2) is 4.79 Å². The third-order valence-corrected chi connectivity index (χ3v) is 1.61. The number of rotatable bonds is 4. The van der Waals surface area contributed by atoms with Crippen LogP contribution in [0.15, 0.2) is 12.7 Å². The molecule has 1 N–H and O–H groups in total. The number of aliphatic hydroxyl groups excluding tert-OH is 1. The van der Waals surface area contributed by atoms with Crippen LogP contribution in [0.1, 0.15) is 20.8 Å². The van der Waals surface area contributed by atoms with Crippen LogP contribution in [0.3, 0.4) is 0 Å². The maximum absolute atomic E-state index is 11.7. The van der Waals surface area contributed by atoms with Gasteiger partial charge >= 0.3 is 6.09 Å². The standard InChI is InChI=1S/C12H19NO3/c1-6-8-13(9-10(14)7-2)11(15)16-12(3,4)5/h1,7,10,14H,2,8-9H2,3-5H3. The molecule has 16 heavy (non-hydrogen) atoms. The van der Waals surface area contributed by atoms with E-state index in [0.29, 0.717) is 0 Å². The molecule has 1 atom stereocenters. The van der Waals surface area contributed by atoms with E-state index in [1.54, 1.807) is 20.8 Å². The van der Waals surface area contributed by atoms with Crippen molar-refractivity contribution < 1.29 is 14.6 Å². The molecule has 4 heteroatoms. The monoisotopic (exact) mass is 225 g/mol. The molecule has 0 aliphatic carbocycles. The Kier molecular flexibility index (Phi) is 5.62. The van der Waals surface area contributed by atoms with Gasteiger partial charge in [-0.2, -0.15) is 0 Å². The highest BCUT2D eigenvalue weighted by atomic mass is 16.6. The molecule has 0 aromatic heterocycles. The van der Waals surface area contributed by atoms with E-state index in [-0.39, 0.29) is 13.1 Å². The second-order valence-corrected chi connectivity index (χ2v) is 4.37. The summed E-state index contributed by atoms with van der Waals surface area (Å²) in [6.45, 7) is 8.91. The van der Waals surface area contributed by atoms with Crippen LogP contribution >= 0.6 is 0 Å². The molecular weight excluding hydrogens is 206 g/mol. The number of terminal acetylenes is 1. The summed E-state index contributed by atoms with van der Waals surface area (Å²) >= 11 is 0. The van der Waals surface area contributed by atoms with E-state index < -0.39 is 17.8 Å². The summed E-state index contributed by atoms with van der Waals surface area (Å²) in [5, 5.41) is 9.37. The van der Waals surface area contributed by atoms with Crippen molar-refractivity contribution in [3.8, 4) is 12.3 Å². The fourth-order valence-electron chi connectivity index (χ4n) is 0.941. The molecule has 0 spiro atoms. The number of amides is 1. The number of carbonyl (C=O) groups excluding carboxylic acids is 1. The predicted octanol–water partition coefficient (Wildman–Crippen LogP) is 1.40. The summed E-state index contributed by atoms with van der Waals surface area (Å²) < 4.78 is 5.14. The van der Waals surface area contributed by atoms with Crippen LogP contribution in [0.25, 0.3) is 0 Å². The van der Waals surface area contributed by atoms with Crippen LogP contribution in [-0.4, -0.2) is 40.9 Å². The van der Waals surface area contributed by atoms with Gasteiger partial charge in [-0.15, -0.1) is 13.0 Å². The van der Waals surface area contributed by atoms with E-state index in [2.05, 4.69) is 12.5 Å². The third kappa shape index (κ3) is 6.10. The Morgan fingerprint density at radius 2 is 2.25 bits per heavy atom. The first-order chi connectivity index (χ1) is 7.30. The SMILES string of the molecule is C#CCN(CC(O)C=C)C(=O)OC(C)(C)C. The Morgan fingerprint density at radius 1 is 1.69 bits per heavy atom. The average Bonchev–Trinajstić information content (AvgIpc) is 2.14. The second-order valence-electron chi connectivity index (χ2n) is 4.37. The first-order valence-corrected chi connectivity index (χ1v) is 5.02. The minimum absolute atomic E-state index is 0.0859. The molecule has 4 nitrogen and oxygen atoms in total. The van der Waals surface area contributed by atoms with Crippen molar-refractivity contribution in [1.29, 1.82) is 0 Å². The van der Waals surface area contributed by atoms with Gasteiger partial charge in [0.05, 0.1) is 19.2 Å². The maximum atomic E-state index is 11.7. The highest BCUT2D eigenvalue weighted by Gasteiger charge is 2.22. The molecule has 0 aromatic carbocycles. The lowest BCUT2D eigenvalue weighted by Crippen LogP contribution is -2.40. The number of hydrogen-bond acceptors (Lipinski definition) is 3. The van der Waals surface area contributed by atoms with E-state index in [4.69, 9.17) is 11.2 Å². The highest BCUT2D eigenvalue weighted by Crippen LogP contribution is 2.10. The summed E-state index contributed by atoms with van der Waals surface area (Å²) in [5.41, 5.74) is -0.580. The highest BCUT2D eigenvalue weighted by molar-refractivity contribution is 5.68.